The molecule has 0 unspecified atom stereocenters. The van der Waals surface area contributed by atoms with E-state index in [1.165, 1.54) is 0 Å². The Morgan fingerprint density at radius 2 is 2.29 bits per heavy atom. The molecule has 0 amide bonds. The quantitative estimate of drug-likeness (QED) is 0.822. The molecule has 1 aliphatic heterocycles. The zero-order valence-corrected chi connectivity index (χ0v) is 10.1. The molecule has 2 N–H and O–H groups in total. The van der Waals surface area contributed by atoms with Crippen molar-refractivity contribution in [2.24, 2.45) is 5.92 Å². The number of hydrogen-bond donors (Lipinski definition) is 2. The Morgan fingerprint density at radius 1 is 1.53 bits per heavy atom. The normalized spacial score (nSPS) is 19.4. The first kappa shape index (κ1) is 11.9. The molecule has 0 spiro atoms. The molecular weight excluding hydrogens is 218 g/mol. The molecule has 0 saturated heterocycles. The molecule has 0 fully saturated rings. The van der Waals surface area contributed by atoms with Crippen LogP contribution in [0.3, 0.4) is 0 Å². The smallest absolute Gasteiger partial charge is 0.335 e. The molecule has 92 valence electrons. The summed E-state index contributed by atoms with van der Waals surface area (Å²) in [7, 11) is 0. The van der Waals surface area contributed by atoms with Gasteiger partial charge in [0.15, 0.2) is 0 Å². The lowest BCUT2D eigenvalue weighted by molar-refractivity contribution is 0.0696. The lowest BCUT2D eigenvalue weighted by atomic mass is 10.1. The van der Waals surface area contributed by atoms with Gasteiger partial charge in [-0.3, -0.25) is 0 Å². The third-order valence-electron chi connectivity index (χ3n) is 3.09. The topological polar surface area (TPSA) is 58.6 Å². The van der Waals surface area contributed by atoms with Crippen molar-refractivity contribution in [2.75, 3.05) is 6.61 Å². The summed E-state index contributed by atoms with van der Waals surface area (Å²) in [5, 5.41) is 12.3. The van der Waals surface area contributed by atoms with Gasteiger partial charge in [-0.15, -0.1) is 0 Å². The highest BCUT2D eigenvalue weighted by Gasteiger charge is 2.19. The second-order valence-electron chi connectivity index (χ2n) is 4.67. The molecule has 4 heteroatoms. The van der Waals surface area contributed by atoms with Crippen LogP contribution in [0.4, 0.5) is 0 Å². The molecule has 17 heavy (non-hydrogen) atoms. The van der Waals surface area contributed by atoms with Gasteiger partial charge in [-0.05, 0) is 18.1 Å². The first-order valence-corrected chi connectivity index (χ1v) is 5.80. The molecule has 2 rings (SSSR count). The van der Waals surface area contributed by atoms with Crippen LogP contribution in [0.2, 0.25) is 0 Å². The molecule has 4 nitrogen and oxygen atoms in total. The summed E-state index contributed by atoms with van der Waals surface area (Å²) in [4.78, 5) is 10.9. The van der Waals surface area contributed by atoms with Crippen molar-refractivity contribution < 1.29 is 14.6 Å². The summed E-state index contributed by atoms with van der Waals surface area (Å²) in [5.41, 5.74) is 1.28. The molecule has 1 aliphatic rings. The average molecular weight is 235 g/mol. The first-order chi connectivity index (χ1) is 8.08. The molecule has 1 aromatic rings. The van der Waals surface area contributed by atoms with E-state index < -0.39 is 5.97 Å². The fourth-order valence-corrected chi connectivity index (χ4v) is 1.88. The molecule has 1 atom stereocenters. The van der Waals surface area contributed by atoms with Crippen molar-refractivity contribution in [3.63, 3.8) is 0 Å². The third-order valence-corrected chi connectivity index (χ3v) is 3.09. The van der Waals surface area contributed by atoms with E-state index in [1.54, 1.807) is 12.1 Å². The predicted molar refractivity (Wildman–Crippen MR) is 64.4 cm³/mol. The summed E-state index contributed by atoms with van der Waals surface area (Å²) in [6.07, 6.45) is 0. The van der Waals surface area contributed by atoms with Gasteiger partial charge in [0, 0.05) is 18.2 Å². The van der Waals surface area contributed by atoms with Crippen molar-refractivity contribution in [3.8, 4) is 5.75 Å². The minimum atomic E-state index is -0.922. The van der Waals surface area contributed by atoms with Gasteiger partial charge >= 0.3 is 5.97 Å². The van der Waals surface area contributed by atoms with Crippen LogP contribution in [0, 0.1) is 5.92 Å². The number of hydrogen-bond acceptors (Lipinski definition) is 3. The van der Waals surface area contributed by atoms with Gasteiger partial charge in [-0.1, -0.05) is 19.9 Å². The van der Waals surface area contributed by atoms with E-state index in [9.17, 15) is 4.79 Å². The molecule has 1 aromatic carbocycles. The van der Waals surface area contributed by atoms with E-state index in [0.717, 1.165) is 12.1 Å². The number of ether oxygens (including phenoxy) is 1. The molecule has 0 radical (unpaired) electrons. The number of aromatic carboxylic acids is 1. The van der Waals surface area contributed by atoms with Crippen LogP contribution in [0.5, 0.6) is 5.75 Å². The van der Waals surface area contributed by atoms with Crippen LogP contribution in [-0.2, 0) is 6.54 Å². The summed E-state index contributed by atoms with van der Waals surface area (Å²) in [5.74, 6) is 0.248. The Balaban J connectivity index is 2.22. The van der Waals surface area contributed by atoms with Crippen molar-refractivity contribution >= 4 is 5.97 Å². The second-order valence-corrected chi connectivity index (χ2v) is 4.67. The van der Waals surface area contributed by atoms with E-state index >= 15 is 0 Å². The van der Waals surface area contributed by atoms with Crippen LogP contribution in [0.15, 0.2) is 18.2 Å². The largest absolute Gasteiger partial charge is 0.492 e. The zero-order valence-electron chi connectivity index (χ0n) is 10.1. The molecular formula is C13H17NO3. The fourth-order valence-electron chi connectivity index (χ4n) is 1.88. The number of carbonyl (C=O) groups is 1. The van der Waals surface area contributed by atoms with Crippen molar-refractivity contribution in [1.82, 2.24) is 5.32 Å². The number of carboxylic acids is 1. The number of carboxylic acid groups (broad SMARTS) is 1. The van der Waals surface area contributed by atoms with E-state index in [0.29, 0.717) is 24.3 Å². The first-order valence-electron chi connectivity index (χ1n) is 5.80. The lowest BCUT2D eigenvalue weighted by Crippen LogP contribution is -2.36. The van der Waals surface area contributed by atoms with Crippen LogP contribution in [-0.4, -0.2) is 23.7 Å². The number of nitrogens with one attached hydrogen (secondary N) is 1. The van der Waals surface area contributed by atoms with Crippen molar-refractivity contribution in [2.45, 2.75) is 26.4 Å². The molecule has 1 heterocycles. The van der Waals surface area contributed by atoms with Gasteiger partial charge < -0.3 is 15.2 Å². The third kappa shape index (κ3) is 2.58. The number of fused-ring (bicyclic) bond motifs is 1. The summed E-state index contributed by atoms with van der Waals surface area (Å²) >= 11 is 0. The van der Waals surface area contributed by atoms with Crippen molar-refractivity contribution in [1.29, 1.82) is 0 Å². The lowest BCUT2D eigenvalue weighted by Gasteiger charge is -2.18. The van der Waals surface area contributed by atoms with Gasteiger partial charge in [-0.25, -0.2) is 4.79 Å². The Kier molecular flexibility index (Phi) is 3.33. The molecule has 0 bridgehead atoms. The van der Waals surface area contributed by atoms with E-state index in [4.69, 9.17) is 9.84 Å². The molecule has 0 saturated carbocycles. The highest BCUT2D eigenvalue weighted by molar-refractivity contribution is 5.88. The van der Waals surface area contributed by atoms with Gasteiger partial charge in [0.2, 0.25) is 0 Å². The summed E-state index contributed by atoms with van der Waals surface area (Å²) < 4.78 is 5.69. The standard InChI is InChI=1S/C13H17NO3/c1-8(2)11-7-17-12-5-9(13(15)16)3-4-10(12)6-14-11/h3-5,8,11,14H,6-7H2,1-2H3,(H,15,16)/t11-/m1/s1. The second kappa shape index (κ2) is 4.75. The fraction of sp³-hybridized carbons (Fsp3) is 0.462. The summed E-state index contributed by atoms with van der Waals surface area (Å²) in [6.45, 7) is 5.57. The number of rotatable bonds is 2. The van der Waals surface area contributed by atoms with Crippen LogP contribution in [0.25, 0.3) is 0 Å². The van der Waals surface area contributed by atoms with Gasteiger partial charge in [0.1, 0.15) is 12.4 Å². The van der Waals surface area contributed by atoms with Gasteiger partial charge in [-0.2, -0.15) is 0 Å². The van der Waals surface area contributed by atoms with E-state index in [-0.39, 0.29) is 5.56 Å². The predicted octanol–water partition coefficient (Wildman–Crippen LogP) is 1.89. The Labute approximate surface area is 101 Å². The van der Waals surface area contributed by atoms with E-state index in [1.807, 2.05) is 6.07 Å². The van der Waals surface area contributed by atoms with Crippen LogP contribution >= 0.6 is 0 Å². The minimum absolute atomic E-state index is 0.270. The minimum Gasteiger partial charge on any atom is -0.492 e. The van der Waals surface area contributed by atoms with E-state index in [2.05, 4.69) is 19.2 Å². The Hall–Kier alpha value is -1.55. The van der Waals surface area contributed by atoms with Gasteiger partial charge in [0.05, 0.1) is 5.56 Å². The maximum atomic E-state index is 10.9. The highest BCUT2D eigenvalue weighted by atomic mass is 16.5. The molecule has 0 aliphatic carbocycles. The van der Waals surface area contributed by atoms with Crippen LogP contribution in [0.1, 0.15) is 29.8 Å². The van der Waals surface area contributed by atoms with Crippen LogP contribution < -0.4 is 10.1 Å². The maximum absolute atomic E-state index is 10.9. The monoisotopic (exact) mass is 235 g/mol. The highest BCUT2D eigenvalue weighted by Crippen LogP contribution is 2.24. The molecule has 0 aromatic heterocycles. The average Bonchev–Trinajstić information content (AvgIpc) is 2.50. The number of benzene rings is 1. The van der Waals surface area contributed by atoms with Crippen molar-refractivity contribution in [3.05, 3.63) is 29.3 Å². The van der Waals surface area contributed by atoms with Gasteiger partial charge in [0.25, 0.3) is 0 Å². The Morgan fingerprint density at radius 3 is 2.94 bits per heavy atom. The Bertz CT molecular complexity index is 429. The zero-order chi connectivity index (χ0) is 12.4. The SMILES string of the molecule is CC(C)[C@H]1COc2cc(C(=O)O)ccc2CN1. The maximum Gasteiger partial charge on any atom is 0.335 e. The summed E-state index contributed by atoms with van der Waals surface area (Å²) in [6, 6.07) is 5.33.